The second-order valence-corrected chi connectivity index (χ2v) is 5.47. The molecule has 1 aromatic rings. The van der Waals surface area contributed by atoms with Crippen LogP contribution in [0.25, 0.3) is 0 Å². The van der Waals surface area contributed by atoms with Crippen LogP contribution in [0.5, 0.6) is 0 Å². The minimum absolute atomic E-state index is 0.0421. The molecule has 0 spiro atoms. The van der Waals surface area contributed by atoms with E-state index >= 15 is 0 Å². The Bertz CT molecular complexity index is 446. The van der Waals surface area contributed by atoms with Gasteiger partial charge in [0.05, 0.1) is 4.92 Å². The third-order valence-corrected chi connectivity index (χ3v) is 4.39. The summed E-state index contributed by atoms with van der Waals surface area (Å²) in [5, 5.41) is 13.8. The van der Waals surface area contributed by atoms with Crippen molar-refractivity contribution < 1.29 is 4.92 Å². The third-order valence-electron chi connectivity index (χ3n) is 4.39. The van der Waals surface area contributed by atoms with Gasteiger partial charge in [0, 0.05) is 12.6 Å². The lowest BCUT2D eigenvalue weighted by atomic mass is 9.89. The lowest BCUT2D eigenvalue weighted by molar-refractivity contribution is -0.385. The number of hydrogen-bond donors (Lipinski definition) is 1. The lowest BCUT2D eigenvalue weighted by Gasteiger charge is -2.21. The Kier molecular flexibility index (Phi) is 2.89. The van der Waals surface area contributed by atoms with Crippen molar-refractivity contribution in [2.45, 2.75) is 25.7 Å². The Balaban J connectivity index is 1.55. The predicted octanol–water partition coefficient (Wildman–Crippen LogP) is 2.84. The van der Waals surface area contributed by atoms with Crippen molar-refractivity contribution in [3.05, 3.63) is 28.4 Å². The van der Waals surface area contributed by atoms with Crippen molar-refractivity contribution >= 4 is 11.5 Å². The number of rotatable bonds is 4. The first-order valence-corrected chi connectivity index (χ1v) is 6.56. The van der Waals surface area contributed by atoms with Gasteiger partial charge in [-0.1, -0.05) is 6.42 Å². The maximum absolute atomic E-state index is 10.5. The fraction of sp³-hybridized carbons (Fsp3) is 0.615. The van der Waals surface area contributed by atoms with Gasteiger partial charge in [0.25, 0.3) is 5.69 Å². The number of nitrogens with zero attached hydrogens (tertiary/aromatic N) is 2. The molecular weight excluding hydrogens is 230 g/mol. The molecule has 5 heteroatoms. The molecule has 2 fully saturated rings. The zero-order valence-electron chi connectivity index (χ0n) is 10.2. The summed E-state index contributed by atoms with van der Waals surface area (Å²) in [5.41, 5.74) is 0.0421. The van der Waals surface area contributed by atoms with Gasteiger partial charge in [-0.05, 0) is 43.1 Å². The molecule has 3 atom stereocenters. The summed E-state index contributed by atoms with van der Waals surface area (Å²) in [5.74, 6) is 3.34. The molecule has 0 aromatic carbocycles. The quantitative estimate of drug-likeness (QED) is 0.656. The fourth-order valence-corrected chi connectivity index (χ4v) is 3.46. The predicted molar refractivity (Wildman–Crippen MR) is 68.3 cm³/mol. The van der Waals surface area contributed by atoms with E-state index in [1.807, 2.05) is 0 Å². The topological polar surface area (TPSA) is 68.1 Å². The molecule has 1 N–H and O–H groups in total. The molecule has 0 amide bonds. The summed E-state index contributed by atoms with van der Waals surface area (Å²) in [6, 6.07) is 3.18. The van der Waals surface area contributed by atoms with E-state index < -0.39 is 4.92 Å². The van der Waals surface area contributed by atoms with Crippen LogP contribution >= 0.6 is 0 Å². The smallest absolute Gasteiger partial charge is 0.287 e. The number of nitrogens with one attached hydrogen (secondary N) is 1. The zero-order chi connectivity index (χ0) is 12.5. The van der Waals surface area contributed by atoms with Gasteiger partial charge in [-0.3, -0.25) is 10.1 Å². The number of pyridine rings is 1. The summed E-state index contributed by atoms with van der Waals surface area (Å²) in [6.45, 7) is 0.950. The van der Waals surface area contributed by atoms with Gasteiger partial charge in [0.2, 0.25) is 0 Å². The average Bonchev–Trinajstić information content (AvgIpc) is 2.99. The van der Waals surface area contributed by atoms with E-state index in [0.717, 1.165) is 30.1 Å². The summed E-state index contributed by atoms with van der Waals surface area (Å²) >= 11 is 0. The fourth-order valence-electron chi connectivity index (χ4n) is 3.46. The molecule has 2 bridgehead atoms. The van der Waals surface area contributed by atoms with Crippen LogP contribution in [0.4, 0.5) is 11.5 Å². The normalized spacial score (nSPS) is 29.4. The molecule has 2 saturated carbocycles. The molecule has 1 aromatic heterocycles. The molecule has 2 aliphatic rings. The zero-order valence-corrected chi connectivity index (χ0v) is 10.2. The molecular formula is C13H17N3O2. The average molecular weight is 247 g/mol. The maximum atomic E-state index is 10.5. The summed E-state index contributed by atoms with van der Waals surface area (Å²) in [7, 11) is 0. The van der Waals surface area contributed by atoms with Gasteiger partial charge in [-0.15, -0.1) is 0 Å². The van der Waals surface area contributed by atoms with Crippen LogP contribution in [0.2, 0.25) is 0 Å². The number of hydrogen-bond acceptors (Lipinski definition) is 4. The Morgan fingerprint density at radius 1 is 1.39 bits per heavy atom. The standard InChI is InChI=1S/C13H17N3O2/c17-16(18)12-3-4-13(15-8-12)14-7-11-6-9-1-2-10(11)5-9/h3-4,8-11H,1-2,5-7H2,(H,14,15). The second kappa shape index (κ2) is 4.55. The molecule has 18 heavy (non-hydrogen) atoms. The van der Waals surface area contributed by atoms with E-state index in [2.05, 4.69) is 10.3 Å². The van der Waals surface area contributed by atoms with Crippen molar-refractivity contribution in [2.75, 3.05) is 11.9 Å². The van der Waals surface area contributed by atoms with Crippen molar-refractivity contribution in [2.24, 2.45) is 17.8 Å². The van der Waals surface area contributed by atoms with E-state index in [4.69, 9.17) is 0 Å². The van der Waals surface area contributed by atoms with Crippen molar-refractivity contribution in [3.63, 3.8) is 0 Å². The lowest BCUT2D eigenvalue weighted by Crippen LogP contribution is -2.20. The Morgan fingerprint density at radius 2 is 2.28 bits per heavy atom. The maximum Gasteiger partial charge on any atom is 0.287 e. The molecule has 5 nitrogen and oxygen atoms in total. The third kappa shape index (κ3) is 2.17. The van der Waals surface area contributed by atoms with E-state index in [-0.39, 0.29) is 5.69 Å². The highest BCUT2D eigenvalue weighted by Gasteiger charge is 2.39. The van der Waals surface area contributed by atoms with Gasteiger partial charge < -0.3 is 5.32 Å². The first kappa shape index (κ1) is 11.4. The highest BCUT2D eigenvalue weighted by molar-refractivity contribution is 5.40. The van der Waals surface area contributed by atoms with Crippen LogP contribution in [-0.4, -0.2) is 16.5 Å². The molecule has 3 unspecified atom stereocenters. The number of nitro groups is 1. The minimum atomic E-state index is -0.424. The first-order valence-electron chi connectivity index (χ1n) is 6.56. The largest absolute Gasteiger partial charge is 0.370 e. The van der Waals surface area contributed by atoms with Crippen LogP contribution in [0.15, 0.2) is 18.3 Å². The molecule has 3 rings (SSSR count). The van der Waals surface area contributed by atoms with Gasteiger partial charge in [0.15, 0.2) is 0 Å². The molecule has 0 radical (unpaired) electrons. The minimum Gasteiger partial charge on any atom is -0.370 e. The van der Waals surface area contributed by atoms with Gasteiger partial charge in [0.1, 0.15) is 12.0 Å². The summed E-state index contributed by atoms with van der Waals surface area (Å²) < 4.78 is 0. The molecule has 1 heterocycles. The van der Waals surface area contributed by atoms with Crippen LogP contribution in [-0.2, 0) is 0 Å². The van der Waals surface area contributed by atoms with Gasteiger partial charge in [-0.25, -0.2) is 4.98 Å². The highest BCUT2D eigenvalue weighted by Crippen LogP contribution is 2.48. The molecule has 2 aliphatic carbocycles. The van der Waals surface area contributed by atoms with Crippen molar-refractivity contribution in [3.8, 4) is 0 Å². The Hall–Kier alpha value is -1.65. The van der Waals surface area contributed by atoms with Crippen LogP contribution in [0.1, 0.15) is 25.7 Å². The van der Waals surface area contributed by atoms with E-state index in [1.54, 1.807) is 6.07 Å². The van der Waals surface area contributed by atoms with Crippen LogP contribution in [0.3, 0.4) is 0 Å². The van der Waals surface area contributed by atoms with Crippen LogP contribution in [0, 0.1) is 27.9 Å². The van der Waals surface area contributed by atoms with E-state index in [1.165, 1.54) is 37.9 Å². The Labute approximate surface area is 106 Å². The SMILES string of the molecule is O=[N+]([O-])c1ccc(NCC2CC3CCC2C3)nc1. The second-order valence-electron chi connectivity index (χ2n) is 5.47. The first-order chi connectivity index (χ1) is 8.72. The molecule has 0 aliphatic heterocycles. The number of anilines is 1. The Morgan fingerprint density at radius 3 is 2.83 bits per heavy atom. The van der Waals surface area contributed by atoms with Gasteiger partial charge in [-0.2, -0.15) is 0 Å². The number of aromatic nitrogens is 1. The highest BCUT2D eigenvalue weighted by atomic mass is 16.6. The van der Waals surface area contributed by atoms with Crippen LogP contribution < -0.4 is 5.32 Å². The van der Waals surface area contributed by atoms with Crippen molar-refractivity contribution in [1.82, 2.24) is 4.98 Å². The van der Waals surface area contributed by atoms with E-state index in [9.17, 15) is 10.1 Å². The molecule has 96 valence electrons. The van der Waals surface area contributed by atoms with Crippen molar-refractivity contribution in [1.29, 1.82) is 0 Å². The van der Waals surface area contributed by atoms with E-state index in [0.29, 0.717) is 0 Å². The monoisotopic (exact) mass is 247 g/mol. The summed E-state index contributed by atoms with van der Waals surface area (Å²) in [6.07, 6.45) is 6.84. The molecule has 0 saturated heterocycles. The number of fused-ring (bicyclic) bond motifs is 2. The summed E-state index contributed by atoms with van der Waals surface area (Å²) in [4.78, 5) is 14.2. The van der Waals surface area contributed by atoms with Gasteiger partial charge >= 0.3 is 0 Å².